The summed E-state index contributed by atoms with van der Waals surface area (Å²) < 4.78 is 6.38. The Morgan fingerprint density at radius 2 is 1.00 bits per heavy atom. The number of benzene rings is 4. The first-order chi connectivity index (χ1) is 27.6. The Balaban J connectivity index is 1.18. The first kappa shape index (κ1) is 34.4. The van der Waals surface area contributed by atoms with E-state index in [-0.39, 0.29) is 94.3 Å². The van der Waals surface area contributed by atoms with Crippen molar-refractivity contribution in [1.82, 2.24) is 25.0 Å². The number of nitrogens with zero attached hydrogens (tertiary/aromatic N) is 9. The quantitative estimate of drug-likeness (QED) is 0.142. The topological polar surface area (TPSA) is 246 Å². The van der Waals surface area contributed by atoms with Gasteiger partial charge in [0, 0.05) is 22.3 Å². The molecule has 3 aromatic heterocycles. The molecule has 0 N–H and O–H groups in total. The molecule has 0 saturated heterocycles. The van der Waals surface area contributed by atoms with Crippen LogP contribution in [-0.2, 0) is 11.3 Å². The normalized spacial score (nSPS) is 13.1. The molecule has 4 aromatic carbocycles. The fourth-order valence-electron chi connectivity index (χ4n) is 6.53. The van der Waals surface area contributed by atoms with E-state index in [4.69, 9.17) is 4.74 Å². The Morgan fingerprint density at radius 1 is 0.614 bits per heavy atom. The molecule has 7 aromatic rings. The molecule has 15 nitrogen and oxygen atoms in total. The van der Waals surface area contributed by atoms with Crippen LogP contribution < -0.4 is 0 Å². The van der Waals surface area contributed by atoms with Crippen molar-refractivity contribution in [3.8, 4) is 24.3 Å². The van der Waals surface area contributed by atoms with Crippen molar-refractivity contribution < 1.29 is 28.7 Å². The highest BCUT2D eigenvalue weighted by Gasteiger charge is 2.36. The lowest BCUT2D eigenvalue weighted by Gasteiger charge is -2.02. The van der Waals surface area contributed by atoms with Crippen LogP contribution in [0.25, 0.3) is 43.6 Å². The average Bonchev–Trinajstić information content (AvgIpc) is 4.05. The van der Waals surface area contributed by atoms with Gasteiger partial charge in [-0.05, 0) is 42.0 Å². The number of thiazole rings is 2. The maximum absolute atomic E-state index is 13.5. The molecule has 0 unspecified atom stereocenters. The predicted molar refractivity (Wildman–Crippen MR) is 201 cm³/mol. The van der Waals surface area contributed by atoms with Crippen LogP contribution in [0.3, 0.4) is 0 Å². The highest BCUT2D eigenvalue weighted by molar-refractivity contribution is 7.27. The molecule has 17 heteroatoms. The fraction of sp³-hybridized carbons (Fsp3) is 0.0250. The van der Waals surface area contributed by atoms with Crippen LogP contribution in [0.15, 0.2) is 65.7 Å². The number of carbonyl (C=O) groups excluding carboxylic acids is 5. The van der Waals surface area contributed by atoms with Gasteiger partial charge in [-0.15, -0.1) is 32.9 Å². The number of ether oxygens (including phenoxy) is 1. The van der Waals surface area contributed by atoms with Gasteiger partial charge in [0.1, 0.15) is 63.0 Å². The zero-order valence-electron chi connectivity index (χ0n) is 28.3. The molecule has 2 aliphatic carbocycles. The summed E-state index contributed by atoms with van der Waals surface area (Å²) >= 11 is 2.14. The molecule has 0 atom stereocenters. The summed E-state index contributed by atoms with van der Waals surface area (Å²) in [4.78, 5) is 77.1. The maximum atomic E-state index is 13.5. The molecule has 9 rings (SSSR count). The second-order valence-electron chi connectivity index (χ2n) is 12.5. The van der Waals surface area contributed by atoms with Crippen molar-refractivity contribution in [2.45, 2.75) is 6.61 Å². The second-order valence-corrected chi connectivity index (χ2v) is 14.5. The molecule has 266 valence electrons. The van der Waals surface area contributed by atoms with Crippen molar-refractivity contribution in [1.29, 1.82) is 21.0 Å². The maximum Gasteiger partial charge on any atom is 0.452 e. The van der Waals surface area contributed by atoms with E-state index in [9.17, 15) is 45.0 Å². The van der Waals surface area contributed by atoms with Crippen molar-refractivity contribution in [2.75, 3.05) is 0 Å². The molecule has 0 radical (unpaired) electrons. The van der Waals surface area contributed by atoms with Gasteiger partial charge in [-0.3, -0.25) is 19.2 Å². The summed E-state index contributed by atoms with van der Waals surface area (Å²) in [7, 11) is 0. The number of aromatic nitrogens is 5. The van der Waals surface area contributed by atoms with E-state index < -0.39 is 29.2 Å². The minimum Gasteiger partial charge on any atom is -0.442 e. The highest BCUT2D eigenvalue weighted by atomic mass is 32.1. The third-order valence-electron chi connectivity index (χ3n) is 9.21. The minimum atomic E-state index is -0.909. The van der Waals surface area contributed by atoms with Crippen LogP contribution in [0.2, 0.25) is 0 Å². The number of Topliss-reactive ketones (excluding diaryl/α,β-unsaturated/α-hetero) is 4. The number of nitriles is 4. The van der Waals surface area contributed by atoms with Crippen LogP contribution in [0.5, 0.6) is 0 Å². The molecule has 57 heavy (non-hydrogen) atoms. The van der Waals surface area contributed by atoms with Gasteiger partial charge in [-0.25, -0.2) is 14.8 Å². The number of hydrogen-bond acceptors (Lipinski definition) is 16. The van der Waals surface area contributed by atoms with E-state index in [1.54, 1.807) is 24.3 Å². The number of allylic oxidation sites excluding steroid dienone is 2. The van der Waals surface area contributed by atoms with E-state index in [2.05, 4.69) is 20.2 Å². The Labute approximate surface area is 325 Å². The summed E-state index contributed by atoms with van der Waals surface area (Å²) in [5.41, 5.74) is 0.699. The first-order valence-electron chi connectivity index (χ1n) is 16.4. The molecule has 0 saturated carbocycles. The van der Waals surface area contributed by atoms with Crippen LogP contribution in [-0.4, -0.2) is 54.2 Å². The summed E-state index contributed by atoms with van der Waals surface area (Å²) in [6.07, 6.45) is 1.69. The van der Waals surface area contributed by atoms with Crippen LogP contribution in [0.1, 0.15) is 79.3 Å². The monoisotopic (exact) mass is 779 g/mol. The van der Waals surface area contributed by atoms with E-state index in [0.29, 0.717) is 9.40 Å². The third kappa shape index (κ3) is 5.32. The summed E-state index contributed by atoms with van der Waals surface area (Å²) in [5.74, 6) is -2.61. The zero-order chi connectivity index (χ0) is 39.7. The molecule has 0 spiro atoms. The predicted octanol–water partition coefficient (Wildman–Crippen LogP) is 6.25. The van der Waals surface area contributed by atoms with Gasteiger partial charge in [0.05, 0.1) is 42.8 Å². The third-order valence-corrected chi connectivity index (χ3v) is 11.4. The Bertz CT molecular complexity index is 3040. The molecular weight excluding hydrogens is 767 g/mol. The summed E-state index contributed by atoms with van der Waals surface area (Å²) in [5, 5.41) is 47.0. The van der Waals surface area contributed by atoms with E-state index in [1.165, 1.54) is 36.4 Å². The van der Waals surface area contributed by atoms with Crippen molar-refractivity contribution in [3.05, 3.63) is 126 Å². The largest absolute Gasteiger partial charge is 0.452 e. The Hall–Kier alpha value is -8.35. The average molecular weight is 780 g/mol. The van der Waals surface area contributed by atoms with Crippen molar-refractivity contribution in [2.24, 2.45) is 0 Å². The van der Waals surface area contributed by atoms with E-state index >= 15 is 0 Å². The Morgan fingerprint density at radius 3 is 1.37 bits per heavy atom. The summed E-state index contributed by atoms with van der Waals surface area (Å²) in [6, 6.07) is 21.3. The zero-order valence-corrected chi connectivity index (χ0v) is 30.0. The van der Waals surface area contributed by atoms with Gasteiger partial charge in [0.25, 0.3) is 0 Å². The highest BCUT2D eigenvalue weighted by Crippen LogP contribution is 2.42. The minimum absolute atomic E-state index is 0.0179. The molecule has 0 fully saturated rings. The lowest BCUT2D eigenvalue weighted by molar-refractivity contribution is 0.0975. The number of carbonyl (C=O) groups is 5. The van der Waals surface area contributed by atoms with Gasteiger partial charge >= 0.3 is 6.09 Å². The Kier molecular flexibility index (Phi) is 7.79. The summed E-state index contributed by atoms with van der Waals surface area (Å²) in [6.45, 7) is -0.0719. The lowest BCUT2D eigenvalue weighted by Crippen LogP contribution is -2.16. The first-order valence-corrected chi connectivity index (χ1v) is 18.1. The SMILES string of the molecule is N#Cc1cc2c(cc1C#N)C(=O)C(=Cc1nc3c4nn(C(=O)OCc5ccccc5)nc4c4nc(C=C5C(=O)c6cc(C#N)c(C#N)cc6C5=O)sc4c3s1)C2=O. The molecule has 3 heterocycles. The molecule has 2 aliphatic rings. The van der Waals surface area contributed by atoms with Crippen molar-refractivity contribution in [3.63, 3.8) is 0 Å². The standard InChI is InChI=1S/C40H13N9O6S2/c41-12-18-6-22-23(7-19(18)13-42)35(51)26(34(22)50)10-28-45-32-30-31(48-49(47-30)40(54)55-16-17-4-2-1-3-5-17)33-39(38(32)56-28)57-29(46-33)11-27-36(52)24-8-20(14-43)21(15-44)9-25(24)37(27)53/h1-11H,16H2. The van der Waals surface area contributed by atoms with Crippen molar-refractivity contribution >= 4 is 95.5 Å². The van der Waals surface area contributed by atoms with Gasteiger partial charge in [-0.2, -0.15) is 21.0 Å². The van der Waals surface area contributed by atoms with Gasteiger partial charge in [0.2, 0.25) is 0 Å². The number of ketones is 4. The fourth-order valence-corrected chi connectivity index (χ4v) is 8.68. The van der Waals surface area contributed by atoms with Gasteiger partial charge in [-0.1, -0.05) is 35.1 Å². The second kappa shape index (κ2) is 12.9. The molecule has 0 bridgehead atoms. The molecule has 0 aliphatic heterocycles. The number of fused-ring (bicyclic) bond motifs is 8. The number of hydrogen-bond donors (Lipinski definition) is 0. The van der Waals surface area contributed by atoms with Gasteiger partial charge < -0.3 is 4.74 Å². The smallest absolute Gasteiger partial charge is 0.442 e. The van der Waals surface area contributed by atoms with Crippen LogP contribution in [0.4, 0.5) is 4.79 Å². The van der Waals surface area contributed by atoms with Crippen LogP contribution in [0, 0.1) is 45.3 Å². The van der Waals surface area contributed by atoms with Crippen LogP contribution >= 0.6 is 22.7 Å². The molecular formula is C40H13N9O6S2. The van der Waals surface area contributed by atoms with E-state index in [1.807, 2.05) is 30.3 Å². The lowest BCUT2D eigenvalue weighted by atomic mass is 10.0. The number of rotatable bonds is 4. The van der Waals surface area contributed by atoms with E-state index in [0.717, 1.165) is 33.0 Å². The van der Waals surface area contributed by atoms with Gasteiger partial charge in [0.15, 0.2) is 23.1 Å². The molecule has 0 amide bonds.